The highest BCUT2D eigenvalue weighted by Gasteiger charge is 2.29. The van der Waals surface area contributed by atoms with E-state index in [9.17, 15) is 9.59 Å². The number of ether oxygens (including phenoxy) is 1. The highest BCUT2D eigenvalue weighted by molar-refractivity contribution is 5.89. The van der Waals surface area contributed by atoms with Gasteiger partial charge in [-0.05, 0) is 44.0 Å². The number of carbonyl (C=O) groups excluding carboxylic acids is 2. The minimum absolute atomic E-state index is 0.0415. The molecule has 1 aliphatic rings. The van der Waals surface area contributed by atoms with Gasteiger partial charge in [0.2, 0.25) is 5.91 Å². The predicted octanol–water partition coefficient (Wildman–Crippen LogP) is 1.03. The maximum atomic E-state index is 12.1. The van der Waals surface area contributed by atoms with Crippen LogP contribution < -0.4 is 10.1 Å². The molecule has 108 valence electrons. The average molecular weight is 276 g/mol. The van der Waals surface area contributed by atoms with E-state index in [2.05, 4.69) is 5.32 Å². The van der Waals surface area contributed by atoms with Crippen LogP contribution in [-0.2, 0) is 9.59 Å². The molecule has 0 aliphatic carbocycles. The number of amides is 2. The second-order valence-corrected chi connectivity index (χ2v) is 5.09. The third kappa shape index (κ3) is 3.10. The van der Waals surface area contributed by atoms with E-state index in [0.717, 1.165) is 5.56 Å². The zero-order valence-electron chi connectivity index (χ0n) is 12.1. The molecular formula is C15H20N2O3. The van der Waals surface area contributed by atoms with Gasteiger partial charge in [-0.25, -0.2) is 0 Å². The largest absolute Gasteiger partial charge is 0.484 e. The van der Waals surface area contributed by atoms with Crippen LogP contribution in [0.4, 0.5) is 0 Å². The molecular weight excluding hydrogens is 256 g/mol. The van der Waals surface area contributed by atoms with Crippen molar-refractivity contribution in [3.8, 4) is 5.75 Å². The minimum atomic E-state index is -0.431. The summed E-state index contributed by atoms with van der Waals surface area (Å²) in [5.41, 5.74) is 2.31. The molecule has 1 aromatic carbocycles. The number of hydrogen-bond donors (Lipinski definition) is 1. The van der Waals surface area contributed by atoms with Gasteiger partial charge >= 0.3 is 0 Å². The quantitative estimate of drug-likeness (QED) is 0.897. The number of benzene rings is 1. The second kappa shape index (κ2) is 5.94. The monoisotopic (exact) mass is 276 g/mol. The Hall–Kier alpha value is -2.04. The molecule has 2 amide bonds. The number of nitrogens with zero attached hydrogens (tertiary/aromatic N) is 1. The van der Waals surface area contributed by atoms with E-state index in [-0.39, 0.29) is 18.4 Å². The van der Waals surface area contributed by atoms with Gasteiger partial charge in [0.25, 0.3) is 5.91 Å². The van der Waals surface area contributed by atoms with E-state index < -0.39 is 6.04 Å². The van der Waals surface area contributed by atoms with Crippen molar-refractivity contribution in [3.63, 3.8) is 0 Å². The fraction of sp³-hybridized carbons (Fsp3) is 0.467. The van der Waals surface area contributed by atoms with Crippen LogP contribution in [0.1, 0.15) is 18.1 Å². The van der Waals surface area contributed by atoms with Gasteiger partial charge in [-0.2, -0.15) is 0 Å². The van der Waals surface area contributed by atoms with Crippen LogP contribution in [-0.4, -0.2) is 42.5 Å². The Morgan fingerprint density at radius 1 is 1.40 bits per heavy atom. The Morgan fingerprint density at radius 3 is 2.85 bits per heavy atom. The van der Waals surface area contributed by atoms with Crippen LogP contribution in [0.3, 0.4) is 0 Å². The molecule has 1 atom stereocenters. The van der Waals surface area contributed by atoms with Gasteiger partial charge in [0.1, 0.15) is 11.8 Å². The number of piperazine rings is 1. The van der Waals surface area contributed by atoms with Crippen LogP contribution in [0.15, 0.2) is 18.2 Å². The standard InChI is InChI=1S/C15H20N2O3/c1-10-4-5-13(8-11(10)2)20-9-14(18)17-7-6-16-15(19)12(17)3/h4-5,8,12H,6-7,9H2,1-3H3,(H,16,19). The molecule has 1 unspecified atom stereocenters. The SMILES string of the molecule is Cc1ccc(OCC(=O)N2CCNC(=O)C2C)cc1C. The Balaban J connectivity index is 1.94. The summed E-state index contributed by atoms with van der Waals surface area (Å²) < 4.78 is 5.52. The number of rotatable bonds is 3. The van der Waals surface area contributed by atoms with E-state index in [1.165, 1.54) is 5.56 Å². The second-order valence-electron chi connectivity index (χ2n) is 5.09. The van der Waals surface area contributed by atoms with Gasteiger partial charge in [-0.15, -0.1) is 0 Å². The van der Waals surface area contributed by atoms with Gasteiger partial charge in [-0.1, -0.05) is 6.07 Å². The Kier molecular flexibility index (Phi) is 4.27. The van der Waals surface area contributed by atoms with Crippen LogP contribution in [0.5, 0.6) is 5.75 Å². The first-order valence-electron chi connectivity index (χ1n) is 6.76. The molecule has 20 heavy (non-hydrogen) atoms. The lowest BCUT2D eigenvalue weighted by Crippen LogP contribution is -2.56. The van der Waals surface area contributed by atoms with E-state index in [1.54, 1.807) is 11.8 Å². The summed E-state index contributed by atoms with van der Waals surface area (Å²) in [6.07, 6.45) is 0. The summed E-state index contributed by atoms with van der Waals surface area (Å²) in [7, 11) is 0. The summed E-state index contributed by atoms with van der Waals surface area (Å²) in [6, 6.07) is 5.29. The molecule has 1 N–H and O–H groups in total. The molecule has 1 fully saturated rings. The fourth-order valence-electron chi connectivity index (χ4n) is 2.15. The number of hydrogen-bond acceptors (Lipinski definition) is 3. The van der Waals surface area contributed by atoms with E-state index >= 15 is 0 Å². The van der Waals surface area contributed by atoms with E-state index in [0.29, 0.717) is 18.8 Å². The zero-order chi connectivity index (χ0) is 14.7. The molecule has 0 aromatic heterocycles. The van der Waals surface area contributed by atoms with Crippen LogP contribution in [0, 0.1) is 13.8 Å². The van der Waals surface area contributed by atoms with Crippen LogP contribution in [0.25, 0.3) is 0 Å². The molecule has 0 spiro atoms. The summed E-state index contributed by atoms with van der Waals surface area (Å²) in [4.78, 5) is 25.2. The fourth-order valence-corrected chi connectivity index (χ4v) is 2.15. The van der Waals surface area contributed by atoms with Gasteiger partial charge in [0.15, 0.2) is 6.61 Å². The lowest BCUT2D eigenvalue weighted by Gasteiger charge is -2.32. The van der Waals surface area contributed by atoms with Crippen molar-refractivity contribution >= 4 is 11.8 Å². The molecule has 5 heteroatoms. The Labute approximate surface area is 118 Å². The predicted molar refractivity (Wildman–Crippen MR) is 75.6 cm³/mol. The van der Waals surface area contributed by atoms with Gasteiger partial charge in [-0.3, -0.25) is 9.59 Å². The third-order valence-electron chi connectivity index (χ3n) is 3.66. The van der Waals surface area contributed by atoms with Crippen molar-refractivity contribution in [2.75, 3.05) is 19.7 Å². The maximum absolute atomic E-state index is 12.1. The molecule has 2 rings (SSSR count). The Bertz CT molecular complexity index is 528. The van der Waals surface area contributed by atoms with Gasteiger partial charge in [0, 0.05) is 13.1 Å². The lowest BCUT2D eigenvalue weighted by molar-refractivity contribution is -0.143. The zero-order valence-corrected chi connectivity index (χ0v) is 12.1. The molecule has 1 aliphatic heterocycles. The normalized spacial score (nSPS) is 18.6. The number of aryl methyl sites for hydroxylation is 2. The summed E-state index contributed by atoms with van der Waals surface area (Å²) in [5, 5.41) is 2.73. The van der Waals surface area contributed by atoms with Crippen LogP contribution in [0.2, 0.25) is 0 Å². The molecule has 0 saturated carbocycles. The van der Waals surface area contributed by atoms with Gasteiger partial charge < -0.3 is 15.0 Å². The van der Waals surface area contributed by atoms with Crippen molar-refractivity contribution in [1.82, 2.24) is 10.2 Å². The first kappa shape index (κ1) is 14.4. The van der Waals surface area contributed by atoms with E-state index in [4.69, 9.17) is 4.74 Å². The number of nitrogens with one attached hydrogen (secondary N) is 1. The smallest absolute Gasteiger partial charge is 0.261 e. The minimum Gasteiger partial charge on any atom is -0.484 e. The highest BCUT2D eigenvalue weighted by atomic mass is 16.5. The Morgan fingerprint density at radius 2 is 2.15 bits per heavy atom. The highest BCUT2D eigenvalue weighted by Crippen LogP contribution is 2.16. The van der Waals surface area contributed by atoms with Crippen molar-refractivity contribution < 1.29 is 14.3 Å². The van der Waals surface area contributed by atoms with Gasteiger partial charge in [0.05, 0.1) is 0 Å². The van der Waals surface area contributed by atoms with Crippen LogP contribution >= 0.6 is 0 Å². The summed E-state index contributed by atoms with van der Waals surface area (Å²) in [5.74, 6) is 0.400. The molecule has 1 aromatic rings. The van der Waals surface area contributed by atoms with Crippen molar-refractivity contribution in [1.29, 1.82) is 0 Å². The van der Waals surface area contributed by atoms with Crippen molar-refractivity contribution in [2.45, 2.75) is 26.8 Å². The maximum Gasteiger partial charge on any atom is 0.261 e. The van der Waals surface area contributed by atoms with Crippen molar-refractivity contribution in [3.05, 3.63) is 29.3 Å². The summed E-state index contributed by atoms with van der Waals surface area (Å²) >= 11 is 0. The third-order valence-corrected chi connectivity index (χ3v) is 3.66. The molecule has 0 radical (unpaired) electrons. The first-order valence-corrected chi connectivity index (χ1v) is 6.76. The van der Waals surface area contributed by atoms with E-state index in [1.807, 2.05) is 32.0 Å². The molecule has 1 heterocycles. The topological polar surface area (TPSA) is 58.6 Å². The molecule has 1 saturated heterocycles. The molecule has 5 nitrogen and oxygen atoms in total. The first-order chi connectivity index (χ1) is 9.49. The molecule has 0 bridgehead atoms. The summed E-state index contributed by atoms with van der Waals surface area (Å²) in [6.45, 7) is 6.74. The lowest BCUT2D eigenvalue weighted by atomic mass is 10.1. The van der Waals surface area contributed by atoms with Crippen molar-refractivity contribution in [2.24, 2.45) is 0 Å². The average Bonchev–Trinajstić information content (AvgIpc) is 2.43. The number of carbonyl (C=O) groups is 2.